The number of carbonyl (C=O) groups is 2. The van der Waals surface area contributed by atoms with Crippen LogP contribution in [0.15, 0.2) is 30.5 Å². The lowest BCUT2D eigenvalue weighted by Crippen LogP contribution is -2.15. The largest absolute Gasteiger partial charge is 0.478 e. The molecule has 0 aliphatic rings. The van der Waals surface area contributed by atoms with Gasteiger partial charge in [-0.05, 0) is 19.1 Å². The van der Waals surface area contributed by atoms with Crippen LogP contribution in [0, 0.1) is 12.7 Å². The molecule has 6 heteroatoms. The summed E-state index contributed by atoms with van der Waals surface area (Å²) in [5, 5.41) is 11.4. The first-order valence-corrected chi connectivity index (χ1v) is 5.48. The minimum absolute atomic E-state index is 0.0373. The Bertz CT molecular complexity index is 649. The van der Waals surface area contributed by atoms with Gasteiger partial charge >= 0.3 is 5.97 Å². The normalized spacial score (nSPS) is 10.2. The number of nitrogens with one attached hydrogen (secondary N) is 2. The molecule has 5 nitrogen and oxygen atoms in total. The van der Waals surface area contributed by atoms with E-state index in [1.807, 2.05) is 0 Å². The molecular formula is C13H11FN2O3. The third-order valence-corrected chi connectivity index (χ3v) is 2.66. The Balaban J connectivity index is 2.30. The molecule has 0 fully saturated rings. The predicted octanol–water partition coefficient (Wildman–Crippen LogP) is 2.41. The number of rotatable bonds is 3. The van der Waals surface area contributed by atoms with Crippen molar-refractivity contribution in [2.45, 2.75) is 6.92 Å². The minimum atomic E-state index is -1.16. The molecule has 19 heavy (non-hydrogen) atoms. The first kappa shape index (κ1) is 12.8. The van der Waals surface area contributed by atoms with E-state index in [0.29, 0.717) is 5.69 Å². The molecule has 0 atom stereocenters. The van der Waals surface area contributed by atoms with E-state index >= 15 is 0 Å². The molecule has 2 aromatic rings. The van der Waals surface area contributed by atoms with Gasteiger partial charge < -0.3 is 15.4 Å². The molecule has 0 radical (unpaired) electrons. The molecule has 2 rings (SSSR count). The lowest BCUT2D eigenvalue weighted by Gasteiger charge is -2.05. The van der Waals surface area contributed by atoms with Gasteiger partial charge in [-0.3, -0.25) is 4.79 Å². The molecule has 3 N–H and O–H groups in total. The van der Waals surface area contributed by atoms with Gasteiger partial charge in [0.05, 0.1) is 11.3 Å². The van der Waals surface area contributed by atoms with E-state index in [1.54, 1.807) is 6.92 Å². The Kier molecular flexibility index (Phi) is 3.33. The Morgan fingerprint density at radius 2 is 2.00 bits per heavy atom. The molecular weight excluding hydrogens is 251 g/mol. The molecule has 1 heterocycles. The van der Waals surface area contributed by atoms with Gasteiger partial charge in [-0.1, -0.05) is 12.1 Å². The maximum Gasteiger partial charge on any atom is 0.339 e. The number of aryl methyl sites for hydroxylation is 1. The molecule has 0 saturated heterocycles. The van der Waals surface area contributed by atoms with E-state index in [1.165, 1.54) is 24.4 Å². The molecule has 98 valence electrons. The number of carbonyl (C=O) groups excluding carboxylic acids is 1. The Morgan fingerprint density at radius 1 is 1.32 bits per heavy atom. The highest BCUT2D eigenvalue weighted by molar-refractivity contribution is 6.08. The van der Waals surface area contributed by atoms with Crippen LogP contribution in [0.5, 0.6) is 0 Å². The SMILES string of the molecule is Cc1[nH]cc(NC(=O)c2ccccc2F)c1C(=O)O. The van der Waals surface area contributed by atoms with Crippen molar-refractivity contribution in [2.24, 2.45) is 0 Å². The van der Waals surface area contributed by atoms with Crippen molar-refractivity contribution in [3.05, 3.63) is 53.1 Å². The van der Waals surface area contributed by atoms with Crippen LogP contribution in [0.3, 0.4) is 0 Å². The second kappa shape index (κ2) is 4.93. The summed E-state index contributed by atoms with van der Waals surface area (Å²) in [7, 11) is 0. The monoisotopic (exact) mass is 262 g/mol. The van der Waals surface area contributed by atoms with Gasteiger partial charge in [0, 0.05) is 11.9 Å². The summed E-state index contributed by atoms with van der Waals surface area (Å²) in [4.78, 5) is 25.6. The molecule has 0 bridgehead atoms. The van der Waals surface area contributed by atoms with Gasteiger partial charge in [0.2, 0.25) is 0 Å². The van der Waals surface area contributed by atoms with Crippen LogP contribution in [0.2, 0.25) is 0 Å². The van der Waals surface area contributed by atoms with Crippen LogP contribution < -0.4 is 5.32 Å². The zero-order chi connectivity index (χ0) is 14.0. The standard InChI is InChI=1S/C13H11FN2O3/c1-7-11(13(18)19)10(6-15-7)16-12(17)8-4-2-3-5-9(8)14/h2-6,15H,1H3,(H,16,17)(H,18,19). The van der Waals surface area contributed by atoms with E-state index in [4.69, 9.17) is 5.11 Å². The number of H-pyrrole nitrogens is 1. The van der Waals surface area contributed by atoms with Crippen LogP contribution in [-0.4, -0.2) is 22.0 Å². The van der Waals surface area contributed by atoms with Crippen LogP contribution in [-0.2, 0) is 0 Å². The van der Waals surface area contributed by atoms with E-state index in [-0.39, 0.29) is 16.8 Å². The first-order valence-electron chi connectivity index (χ1n) is 5.48. The quantitative estimate of drug-likeness (QED) is 0.794. The van der Waals surface area contributed by atoms with Crippen molar-refractivity contribution >= 4 is 17.6 Å². The summed E-state index contributed by atoms with van der Waals surface area (Å²) in [6.07, 6.45) is 1.36. The Hall–Kier alpha value is -2.63. The number of carboxylic acid groups (broad SMARTS) is 1. The molecule has 0 unspecified atom stereocenters. The summed E-state index contributed by atoms with van der Waals surface area (Å²) in [6.45, 7) is 1.57. The number of hydrogen-bond acceptors (Lipinski definition) is 2. The van der Waals surface area contributed by atoms with Gasteiger partial charge in [0.1, 0.15) is 11.4 Å². The van der Waals surface area contributed by atoms with Crippen molar-refractivity contribution in [2.75, 3.05) is 5.32 Å². The van der Waals surface area contributed by atoms with Gasteiger partial charge in [0.25, 0.3) is 5.91 Å². The number of halogens is 1. The second-order valence-electron chi connectivity index (χ2n) is 3.94. The fraction of sp³-hybridized carbons (Fsp3) is 0.0769. The highest BCUT2D eigenvalue weighted by Crippen LogP contribution is 2.20. The van der Waals surface area contributed by atoms with E-state index in [2.05, 4.69) is 10.3 Å². The van der Waals surface area contributed by atoms with Crippen LogP contribution in [0.25, 0.3) is 0 Å². The molecule has 0 saturated carbocycles. The predicted molar refractivity (Wildman–Crippen MR) is 66.8 cm³/mol. The highest BCUT2D eigenvalue weighted by Gasteiger charge is 2.18. The van der Waals surface area contributed by atoms with Crippen molar-refractivity contribution in [1.29, 1.82) is 0 Å². The summed E-state index contributed by atoms with van der Waals surface area (Å²) >= 11 is 0. The third-order valence-electron chi connectivity index (χ3n) is 2.66. The van der Waals surface area contributed by atoms with Crippen molar-refractivity contribution in [3.63, 3.8) is 0 Å². The number of aromatic carboxylic acids is 1. The van der Waals surface area contributed by atoms with E-state index < -0.39 is 17.7 Å². The Morgan fingerprint density at radius 3 is 2.63 bits per heavy atom. The molecule has 0 aliphatic heterocycles. The average molecular weight is 262 g/mol. The summed E-state index contributed by atoms with van der Waals surface area (Å²) in [5.41, 5.74) is 0.344. The van der Waals surface area contributed by atoms with Crippen LogP contribution in [0.1, 0.15) is 26.4 Å². The second-order valence-corrected chi connectivity index (χ2v) is 3.94. The Labute approximate surface area is 108 Å². The topological polar surface area (TPSA) is 82.2 Å². The van der Waals surface area contributed by atoms with Crippen molar-refractivity contribution < 1.29 is 19.1 Å². The summed E-state index contributed by atoms with van der Waals surface area (Å²) < 4.78 is 13.4. The van der Waals surface area contributed by atoms with Gasteiger partial charge in [-0.2, -0.15) is 0 Å². The third kappa shape index (κ3) is 2.47. The number of aromatic nitrogens is 1. The fourth-order valence-corrected chi connectivity index (χ4v) is 1.74. The minimum Gasteiger partial charge on any atom is -0.478 e. The molecule has 1 aromatic heterocycles. The number of aromatic amines is 1. The zero-order valence-electron chi connectivity index (χ0n) is 10.0. The number of anilines is 1. The number of carboxylic acids is 1. The fourth-order valence-electron chi connectivity index (χ4n) is 1.74. The summed E-state index contributed by atoms with van der Waals surface area (Å²) in [5.74, 6) is -2.52. The van der Waals surface area contributed by atoms with E-state index in [0.717, 1.165) is 6.07 Å². The number of hydrogen-bond donors (Lipinski definition) is 3. The van der Waals surface area contributed by atoms with Crippen molar-refractivity contribution in [3.8, 4) is 0 Å². The number of benzene rings is 1. The first-order chi connectivity index (χ1) is 9.00. The van der Waals surface area contributed by atoms with Crippen molar-refractivity contribution in [1.82, 2.24) is 4.98 Å². The lowest BCUT2D eigenvalue weighted by atomic mass is 10.2. The molecule has 1 aromatic carbocycles. The van der Waals surface area contributed by atoms with Gasteiger partial charge in [-0.25, -0.2) is 9.18 Å². The average Bonchev–Trinajstić information content (AvgIpc) is 2.70. The number of amides is 1. The lowest BCUT2D eigenvalue weighted by molar-refractivity contribution is 0.0697. The van der Waals surface area contributed by atoms with E-state index in [9.17, 15) is 14.0 Å². The maximum atomic E-state index is 13.4. The zero-order valence-corrected chi connectivity index (χ0v) is 10.0. The highest BCUT2D eigenvalue weighted by atomic mass is 19.1. The van der Waals surface area contributed by atoms with Crippen LogP contribution in [0.4, 0.5) is 10.1 Å². The molecule has 0 spiro atoms. The van der Waals surface area contributed by atoms with Gasteiger partial charge in [0.15, 0.2) is 0 Å². The van der Waals surface area contributed by atoms with Gasteiger partial charge in [-0.15, -0.1) is 0 Å². The van der Waals surface area contributed by atoms with Crippen LogP contribution >= 0.6 is 0 Å². The smallest absolute Gasteiger partial charge is 0.339 e. The molecule has 0 aliphatic carbocycles. The summed E-state index contributed by atoms with van der Waals surface area (Å²) in [6, 6.07) is 5.48. The molecule has 1 amide bonds. The maximum absolute atomic E-state index is 13.4.